The van der Waals surface area contributed by atoms with Gasteiger partial charge in [-0.3, -0.25) is 4.79 Å². The van der Waals surface area contributed by atoms with E-state index in [1.807, 2.05) is 0 Å². The summed E-state index contributed by atoms with van der Waals surface area (Å²) in [4.78, 5) is 12.2. The van der Waals surface area contributed by atoms with Gasteiger partial charge in [0.2, 0.25) is 5.91 Å². The van der Waals surface area contributed by atoms with Crippen LogP contribution < -0.4 is 11.1 Å². The first-order valence-corrected chi connectivity index (χ1v) is 6.75. The number of amides is 1. The second-order valence-corrected chi connectivity index (χ2v) is 5.55. The van der Waals surface area contributed by atoms with Crippen molar-refractivity contribution >= 4 is 18.3 Å². The molecule has 0 aromatic heterocycles. The summed E-state index contributed by atoms with van der Waals surface area (Å²) in [5.41, 5.74) is 5.57. The molecule has 2 rings (SSSR count). The fraction of sp³-hybridized carbons (Fsp3) is 0.923. The van der Waals surface area contributed by atoms with Gasteiger partial charge in [0.1, 0.15) is 0 Å². The Balaban J connectivity index is 0.00000144. The van der Waals surface area contributed by atoms with E-state index in [9.17, 15) is 4.79 Å². The first-order chi connectivity index (χ1) is 7.77. The van der Waals surface area contributed by atoms with Gasteiger partial charge >= 0.3 is 0 Å². The molecule has 2 aliphatic rings. The van der Waals surface area contributed by atoms with E-state index in [4.69, 9.17) is 5.73 Å². The number of rotatable bonds is 4. The van der Waals surface area contributed by atoms with Crippen LogP contribution in [0.3, 0.4) is 0 Å². The molecule has 1 amide bonds. The molecule has 0 spiro atoms. The normalized spacial score (nSPS) is 23.4. The molecule has 0 aromatic rings. The number of nitrogens with one attached hydrogen (secondary N) is 1. The molecule has 0 saturated heterocycles. The lowest BCUT2D eigenvalue weighted by atomic mass is 9.85. The van der Waals surface area contributed by atoms with Gasteiger partial charge in [0.25, 0.3) is 0 Å². The molecule has 0 heterocycles. The zero-order valence-corrected chi connectivity index (χ0v) is 11.4. The second-order valence-electron chi connectivity index (χ2n) is 5.55. The predicted molar refractivity (Wildman–Crippen MR) is 72.2 cm³/mol. The number of hydrogen-bond acceptors (Lipinski definition) is 2. The van der Waals surface area contributed by atoms with Gasteiger partial charge in [0.15, 0.2) is 0 Å². The van der Waals surface area contributed by atoms with E-state index < -0.39 is 0 Å². The van der Waals surface area contributed by atoms with E-state index in [1.54, 1.807) is 0 Å². The van der Waals surface area contributed by atoms with Gasteiger partial charge in [-0.1, -0.05) is 25.7 Å². The molecule has 2 fully saturated rings. The summed E-state index contributed by atoms with van der Waals surface area (Å²) in [6.07, 6.45) is 9.54. The van der Waals surface area contributed by atoms with Crippen molar-refractivity contribution < 1.29 is 4.79 Å². The van der Waals surface area contributed by atoms with Gasteiger partial charge in [-0.05, 0) is 31.6 Å². The minimum absolute atomic E-state index is 0. The summed E-state index contributed by atoms with van der Waals surface area (Å²) in [6, 6.07) is 0. The van der Waals surface area contributed by atoms with Crippen molar-refractivity contribution in [3.05, 3.63) is 0 Å². The van der Waals surface area contributed by atoms with Crippen LogP contribution in [0.25, 0.3) is 0 Å². The van der Waals surface area contributed by atoms with E-state index in [0.717, 1.165) is 38.1 Å². The topological polar surface area (TPSA) is 55.1 Å². The minimum atomic E-state index is -0.224. The molecular weight excluding hydrogens is 236 g/mol. The third kappa shape index (κ3) is 3.35. The van der Waals surface area contributed by atoms with Crippen molar-refractivity contribution in [1.82, 2.24) is 5.32 Å². The van der Waals surface area contributed by atoms with Crippen LogP contribution in [0.5, 0.6) is 0 Å². The van der Waals surface area contributed by atoms with Crippen LogP contribution in [0.15, 0.2) is 0 Å². The third-order valence-corrected chi connectivity index (χ3v) is 4.46. The van der Waals surface area contributed by atoms with Crippen LogP contribution in [-0.2, 0) is 4.79 Å². The first kappa shape index (κ1) is 14.8. The third-order valence-electron chi connectivity index (χ3n) is 4.46. The molecule has 3 N–H and O–H groups in total. The summed E-state index contributed by atoms with van der Waals surface area (Å²) in [5.74, 6) is 0.944. The Bertz CT molecular complexity index is 246. The Morgan fingerprint density at radius 1 is 1.18 bits per heavy atom. The molecule has 4 heteroatoms. The number of carbonyl (C=O) groups is 1. The SMILES string of the molecule is Cl.NCC1(C(=O)NCC2CCCC2)CCCC1. The molecule has 0 radical (unpaired) electrons. The average Bonchev–Trinajstić information content (AvgIpc) is 2.97. The minimum Gasteiger partial charge on any atom is -0.355 e. The number of hydrogen-bond donors (Lipinski definition) is 2. The average molecular weight is 261 g/mol. The summed E-state index contributed by atoms with van der Waals surface area (Å²) >= 11 is 0. The number of nitrogens with two attached hydrogens (primary N) is 1. The van der Waals surface area contributed by atoms with Crippen LogP contribution in [0.2, 0.25) is 0 Å². The summed E-state index contributed by atoms with van der Waals surface area (Å²) in [5, 5.41) is 3.14. The van der Waals surface area contributed by atoms with E-state index in [2.05, 4.69) is 5.32 Å². The lowest BCUT2D eigenvalue weighted by Crippen LogP contribution is -2.45. The van der Waals surface area contributed by atoms with Gasteiger partial charge in [0.05, 0.1) is 5.41 Å². The molecular formula is C13H25ClN2O. The highest BCUT2D eigenvalue weighted by molar-refractivity contribution is 5.85. The van der Waals surface area contributed by atoms with Crippen LogP contribution in [0.1, 0.15) is 51.4 Å². The summed E-state index contributed by atoms with van der Waals surface area (Å²) < 4.78 is 0. The van der Waals surface area contributed by atoms with E-state index in [1.165, 1.54) is 25.7 Å². The van der Waals surface area contributed by atoms with Gasteiger partial charge < -0.3 is 11.1 Å². The Labute approximate surface area is 110 Å². The highest BCUT2D eigenvalue weighted by atomic mass is 35.5. The van der Waals surface area contributed by atoms with Crippen LogP contribution in [-0.4, -0.2) is 19.0 Å². The van der Waals surface area contributed by atoms with Crippen molar-refractivity contribution in [2.75, 3.05) is 13.1 Å². The smallest absolute Gasteiger partial charge is 0.227 e. The molecule has 0 aromatic carbocycles. The van der Waals surface area contributed by atoms with Crippen LogP contribution >= 0.6 is 12.4 Å². The molecule has 0 aliphatic heterocycles. The molecule has 0 bridgehead atoms. The highest BCUT2D eigenvalue weighted by Crippen LogP contribution is 2.37. The largest absolute Gasteiger partial charge is 0.355 e. The van der Waals surface area contributed by atoms with Crippen LogP contribution in [0, 0.1) is 11.3 Å². The monoisotopic (exact) mass is 260 g/mol. The summed E-state index contributed by atoms with van der Waals surface area (Å²) in [7, 11) is 0. The fourth-order valence-corrected chi connectivity index (χ4v) is 3.21. The first-order valence-electron chi connectivity index (χ1n) is 6.75. The highest BCUT2D eigenvalue weighted by Gasteiger charge is 2.39. The lowest BCUT2D eigenvalue weighted by Gasteiger charge is -2.26. The Morgan fingerprint density at radius 2 is 1.76 bits per heavy atom. The van der Waals surface area contributed by atoms with Crippen molar-refractivity contribution in [2.24, 2.45) is 17.1 Å². The predicted octanol–water partition coefficient (Wildman–Crippen LogP) is 2.23. The maximum atomic E-state index is 12.2. The van der Waals surface area contributed by atoms with E-state index in [0.29, 0.717) is 6.54 Å². The molecule has 3 nitrogen and oxygen atoms in total. The molecule has 100 valence electrons. The fourth-order valence-electron chi connectivity index (χ4n) is 3.21. The standard InChI is InChI=1S/C13H24N2O.ClH/c14-10-13(7-3-4-8-13)12(16)15-9-11-5-1-2-6-11;/h11H,1-10,14H2,(H,15,16);1H. The van der Waals surface area contributed by atoms with Gasteiger partial charge in [-0.2, -0.15) is 0 Å². The maximum absolute atomic E-state index is 12.2. The number of carbonyl (C=O) groups excluding carboxylic acids is 1. The van der Waals surface area contributed by atoms with Crippen molar-refractivity contribution in [1.29, 1.82) is 0 Å². The maximum Gasteiger partial charge on any atom is 0.227 e. The quantitative estimate of drug-likeness (QED) is 0.815. The Morgan fingerprint density at radius 3 is 2.29 bits per heavy atom. The van der Waals surface area contributed by atoms with Crippen molar-refractivity contribution in [2.45, 2.75) is 51.4 Å². The second kappa shape index (κ2) is 6.60. The molecule has 17 heavy (non-hydrogen) atoms. The van der Waals surface area contributed by atoms with Crippen molar-refractivity contribution in [3.8, 4) is 0 Å². The Kier molecular flexibility index (Phi) is 5.74. The molecule has 2 aliphatic carbocycles. The van der Waals surface area contributed by atoms with Gasteiger partial charge in [-0.25, -0.2) is 0 Å². The van der Waals surface area contributed by atoms with Gasteiger partial charge in [0, 0.05) is 13.1 Å². The van der Waals surface area contributed by atoms with E-state index in [-0.39, 0.29) is 23.7 Å². The Hall–Kier alpha value is -0.280. The van der Waals surface area contributed by atoms with Crippen LogP contribution in [0.4, 0.5) is 0 Å². The molecule has 0 unspecified atom stereocenters. The summed E-state index contributed by atoms with van der Waals surface area (Å²) in [6.45, 7) is 1.39. The van der Waals surface area contributed by atoms with Crippen molar-refractivity contribution in [3.63, 3.8) is 0 Å². The molecule has 0 atom stereocenters. The number of halogens is 1. The molecule has 2 saturated carbocycles. The zero-order valence-electron chi connectivity index (χ0n) is 10.5. The lowest BCUT2D eigenvalue weighted by molar-refractivity contribution is -0.130. The zero-order chi connectivity index (χ0) is 11.4. The van der Waals surface area contributed by atoms with E-state index >= 15 is 0 Å². The van der Waals surface area contributed by atoms with Gasteiger partial charge in [-0.15, -0.1) is 12.4 Å².